The van der Waals surface area contributed by atoms with E-state index in [1.807, 2.05) is 48.2 Å². The van der Waals surface area contributed by atoms with Crippen molar-refractivity contribution >= 4 is 23.2 Å². The molecule has 4 rings (SSSR count). The minimum atomic E-state index is -4.33. The molecule has 3 aromatic carbocycles. The number of alkyl halides is 3. The summed E-state index contributed by atoms with van der Waals surface area (Å²) in [5, 5.41) is 6.43. The SMILES string of the molecule is CC(=O)Nc1cccc(-c2ccc3c(c2)[C@H](NCCCc2ccc(C(F)(F)F)cc2)C[C@H](C)N3C(C)=O)c1. The number of halogens is 3. The molecule has 2 atom stereocenters. The molecule has 0 saturated carbocycles. The van der Waals surface area contributed by atoms with Crippen molar-refractivity contribution in [3.8, 4) is 11.1 Å². The Morgan fingerprint density at radius 2 is 1.68 bits per heavy atom. The van der Waals surface area contributed by atoms with Crippen LogP contribution >= 0.6 is 0 Å². The van der Waals surface area contributed by atoms with Crippen LogP contribution in [0.15, 0.2) is 66.7 Å². The Kier molecular flexibility index (Phi) is 8.21. The van der Waals surface area contributed by atoms with Crippen LogP contribution in [-0.4, -0.2) is 24.4 Å². The van der Waals surface area contributed by atoms with Crippen LogP contribution in [0.1, 0.15) is 56.3 Å². The van der Waals surface area contributed by atoms with Gasteiger partial charge in [0.1, 0.15) is 0 Å². The van der Waals surface area contributed by atoms with Gasteiger partial charge in [0.05, 0.1) is 5.56 Å². The third-order valence-electron chi connectivity index (χ3n) is 6.85. The Labute approximate surface area is 221 Å². The van der Waals surface area contributed by atoms with E-state index in [0.29, 0.717) is 18.7 Å². The fraction of sp³-hybridized carbons (Fsp3) is 0.333. The van der Waals surface area contributed by atoms with Gasteiger partial charge in [-0.25, -0.2) is 0 Å². The molecule has 2 N–H and O–H groups in total. The van der Waals surface area contributed by atoms with E-state index in [1.165, 1.54) is 19.1 Å². The fourth-order valence-electron chi connectivity index (χ4n) is 5.13. The van der Waals surface area contributed by atoms with Crippen molar-refractivity contribution in [2.24, 2.45) is 0 Å². The van der Waals surface area contributed by atoms with Crippen LogP contribution in [0.3, 0.4) is 0 Å². The van der Waals surface area contributed by atoms with Gasteiger partial charge in [-0.1, -0.05) is 30.3 Å². The molecule has 0 fully saturated rings. The second kappa shape index (κ2) is 11.4. The highest BCUT2D eigenvalue weighted by atomic mass is 19.4. The van der Waals surface area contributed by atoms with Gasteiger partial charge in [-0.05, 0) is 91.4 Å². The summed E-state index contributed by atoms with van der Waals surface area (Å²) in [5.41, 5.74) is 4.76. The first-order valence-electron chi connectivity index (χ1n) is 12.7. The van der Waals surface area contributed by atoms with Crippen molar-refractivity contribution in [2.75, 3.05) is 16.8 Å². The minimum Gasteiger partial charge on any atom is -0.326 e. The fourth-order valence-corrected chi connectivity index (χ4v) is 5.13. The number of nitrogens with zero attached hydrogens (tertiary/aromatic N) is 1. The van der Waals surface area contributed by atoms with Gasteiger partial charge in [-0.2, -0.15) is 13.2 Å². The molecule has 0 spiro atoms. The van der Waals surface area contributed by atoms with E-state index in [1.54, 1.807) is 6.92 Å². The zero-order valence-corrected chi connectivity index (χ0v) is 21.7. The van der Waals surface area contributed by atoms with Gasteiger partial charge in [0.15, 0.2) is 0 Å². The zero-order chi connectivity index (χ0) is 27.4. The van der Waals surface area contributed by atoms with Gasteiger partial charge < -0.3 is 15.5 Å². The van der Waals surface area contributed by atoms with E-state index in [4.69, 9.17) is 0 Å². The summed E-state index contributed by atoms with van der Waals surface area (Å²) < 4.78 is 38.5. The van der Waals surface area contributed by atoms with Crippen molar-refractivity contribution in [1.29, 1.82) is 0 Å². The summed E-state index contributed by atoms with van der Waals surface area (Å²) >= 11 is 0. The van der Waals surface area contributed by atoms with E-state index in [0.717, 1.165) is 52.9 Å². The molecular weight excluding hydrogens is 491 g/mol. The summed E-state index contributed by atoms with van der Waals surface area (Å²) in [6, 6.07) is 19.0. The first kappa shape index (κ1) is 27.4. The van der Waals surface area contributed by atoms with E-state index < -0.39 is 11.7 Å². The molecule has 0 saturated heterocycles. The summed E-state index contributed by atoms with van der Waals surface area (Å²) in [6.45, 7) is 5.76. The number of amides is 2. The lowest BCUT2D eigenvalue weighted by Gasteiger charge is -2.39. The Balaban J connectivity index is 1.51. The van der Waals surface area contributed by atoms with E-state index in [2.05, 4.69) is 16.7 Å². The van der Waals surface area contributed by atoms with Crippen LogP contribution in [0.25, 0.3) is 11.1 Å². The second-order valence-corrected chi connectivity index (χ2v) is 9.81. The van der Waals surface area contributed by atoms with Crippen molar-refractivity contribution in [2.45, 2.75) is 58.3 Å². The molecule has 0 unspecified atom stereocenters. The monoisotopic (exact) mass is 523 g/mol. The number of nitrogens with one attached hydrogen (secondary N) is 2. The second-order valence-electron chi connectivity index (χ2n) is 9.81. The number of hydrogen-bond donors (Lipinski definition) is 2. The van der Waals surface area contributed by atoms with Crippen LogP contribution in [0.4, 0.5) is 24.5 Å². The Hall–Kier alpha value is -3.65. The molecule has 0 aromatic heterocycles. The molecule has 0 aliphatic carbocycles. The van der Waals surface area contributed by atoms with Crippen LogP contribution in [0.2, 0.25) is 0 Å². The minimum absolute atomic E-state index is 0.0140. The van der Waals surface area contributed by atoms with Gasteiger partial charge in [0.2, 0.25) is 11.8 Å². The molecule has 0 bridgehead atoms. The molecule has 200 valence electrons. The summed E-state index contributed by atoms with van der Waals surface area (Å²) in [6.07, 6.45) is -2.17. The number of carbonyl (C=O) groups is 2. The molecule has 5 nitrogen and oxygen atoms in total. The first-order valence-corrected chi connectivity index (χ1v) is 12.7. The molecule has 1 heterocycles. The van der Waals surface area contributed by atoms with Crippen LogP contribution in [0.5, 0.6) is 0 Å². The summed E-state index contributed by atoms with van der Waals surface area (Å²) in [4.78, 5) is 25.8. The number of fused-ring (bicyclic) bond motifs is 1. The largest absolute Gasteiger partial charge is 0.416 e. The van der Waals surface area contributed by atoms with Crippen LogP contribution in [0, 0.1) is 0 Å². The number of benzene rings is 3. The lowest BCUT2D eigenvalue weighted by Crippen LogP contribution is -2.44. The predicted octanol–water partition coefficient (Wildman–Crippen LogP) is 6.74. The maximum absolute atomic E-state index is 12.8. The Morgan fingerprint density at radius 1 is 0.974 bits per heavy atom. The summed E-state index contributed by atoms with van der Waals surface area (Å²) in [5.74, 6) is -0.154. The smallest absolute Gasteiger partial charge is 0.326 e. The average molecular weight is 524 g/mol. The number of aryl methyl sites for hydroxylation is 1. The molecule has 3 aromatic rings. The van der Waals surface area contributed by atoms with E-state index in [9.17, 15) is 22.8 Å². The third-order valence-corrected chi connectivity index (χ3v) is 6.85. The third kappa shape index (κ3) is 6.42. The maximum Gasteiger partial charge on any atom is 0.416 e. The average Bonchev–Trinajstić information content (AvgIpc) is 2.85. The maximum atomic E-state index is 12.8. The van der Waals surface area contributed by atoms with Crippen LogP contribution in [-0.2, 0) is 22.2 Å². The van der Waals surface area contributed by atoms with Gasteiger partial charge in [0, 0.05) is 37.3 Å². The topological polar surface area (TPSA) is 61.4 Å². The van der Waals surface area contributed by atoms with Gasteiger partial charge in [0.25, 0.3) is 0 Å². The van der Waals surface area contributed by atoms with Crippen molar-refractivity contribution in [1.82, 2.24) is 5.32 Å². The number of carbonyl (C=O) groups excluding carboxylic acids is 2. The molecular formula is C30H32F3N3O2. The highest BCUT2D eigenvalue weighted by Gasteiger charge is 2.32. The molecule has 1 aliphatic heterocycles. The van der Waals surface area contributed by atoms with E-state index >= 15 is 0 Å². The van der Waals surface area contributed by atoms with Gasteiger partial charge >= 0.3 is 6.18 Å². The Morgan fingerprint density at radius 3 is 2.34 bits per heavy atom. The molecule has 0 radical (unpaired) electrons. The van der Waals surface area contributed by atoms with E-state index in [-0.39, 0.29) is 23.9 Å². The van der Waals surface area contributed by atoms with Gasteiger partial charge in [-0.15, -0.1) is 0 Å². The van der Waals surface area contributed by atoms with Gasteiger partial charge in [-0.3, -0.25) is 9.59 Å². The highest BCUT2D eigenvalue weighted by Crippen LogP contribution is 2.40. The van der Waals surface area contributed by atoms with Crippen molar-refractivity contribution < 1.29 is 22.8 Å². The molecule has 38 heavy (non-hydrogen) atoms. The lowest BCUT2D eigenvalue weighted by atomic mass is 9.89. The van der Waals surface area contributed by atoms with Crippen LogP contribution < -0.4 is 15.5 Å². The highest BCUT2D eigenvalue weighted by molar-refractivity contribution is 5.94. The number of rotatable bonds is 7. The number of hydrogen-bond acceptors (Lipinski definition) is 3. The lowest BCUT2D eigenvalue weighted by molar-refractivity contribution is -0.137. The standard InChI is InChI=1S/C30H32F3N3O2/c1-19-16-28(34-15-5-6-22-9-12-25(13-10-22)30(31,32)33)27-18-24(11-14-29(27)36(19)21(3)38)23-7-4-8-26(17-23)35-20(2)37/h4,7-14,17-19,28,34H,5-6,15-16H2,1-3H3,(H,35,37)/t19-,28+/m0/s1. The van der Waals surface area contributed by atoms with Crippen molar-refractivity contribution in [3.05, 3.63) is 83.4 Å². The Bertz CT molecular complexity index is 1300. The molecule has 1 aliphatic rings. The molecule has 8 heteroatoms. The summed E-state index contributed by atoms with van der Waals surface area (Å²) in [7, 11) is 0. The number of anilines is 2. The molecule has 2 amide bonds. The normalized spacial score (nSPS) is 17.2. The predicted molar refractivity (Wildman–Crippen MR) is 144 cm³/mol. The zero-order valence-electron chi connectivity index (χ0n) is 21.7. The van der Waals surface area contributed by atoms with Crippen molar-refractivity contribution in [3.63, 3.8) is 0 Å². The quantitative estimate of drug-likeness (QED) is 0.337. The first-order chi connectivity index (χ1) is 18.0.